The van der Waals surface area contributed by atoms with Crippen molar-refractivity contribution in [2.75, 3.05) is 13.2 Å². The SMILES string of the molecule is Cc1cn([C@@H]2O[C@H](CO)C[C@@H]2OP(OCCC#N)N(C(C)C)C(C)C)c(=O)[nH]c1=O. The van der Waals surface area contributed by atoms with Crippen molar-refractivity contribution >= 4 is 8.53 Å². The van der Waals surface area contributed by atoms with E-state index in [9.17, 15) is 14.7 Å². The summed E-state index contributed by atoms with van der Waals surface area (Å²) in [6.45, 7) is 9.71. The van der Waals surface area contributed by atoms with Crippen LogP contribution >= 0.6 is 8.53 Å². The van der Waals surface area contributed by atoms with E-state index in [1.54, 1.807) is 6.92 Å². The molecule has 2 heterocycles. The number of aromatic nitrogens is 2. The maximum absolute atomic E-state index is 12.4. The van der Waals surface area contributed by atoms with Crippen LogP contribution in [0.25, 0.3) is 0 Å². The molecule has 10 nitrogen and oxygen atoms in total. The molecule has 1 aromatic rings. The Morgan fingerprint density at radius 1 is 1.40 bits per heavy atom. The second-order valence-electron chi connectivity index (χ2n) is 7.74. The molecule has 11 heteroatoms. The monoisotopic (exact) mass is 442 g/mol. The summed E-state index contributed by atoms with van der Waals surface area (Å²) in [5.41, 5.74) is -0.705. The largest absolute Gasteiger partial charge is 0.394 e. The predicted molar refractivity (Wildman–Crippen MR) is 112 cm³/mol. The molecule has 0 bridgehead atoms. The molecule has 1 fully saturated rings. The van der Waals surface area contributed by atoms with E-state index < -0.39 is 38.2 Å². The van der Waals surface area contributed by atoms with Gasteiger partial charge in [0.1, 0.15) is 6.10 Å². The number of nitrogens with one attached hydrogen (secondary N) is 1. The number of ether oxygens (including phenoxy) is 1. The van der Waals surface area contributed by atoms with Crippen molar-refractivity contribution in [3.05, 3.63) is 32.6 Å². The van der Waals surface area contributed by atoms with E-state index in [4.69, 9.17) is 19.0 Å². The van der Waals surface area contributed by atoms with Crippen LogP contribution in [0.1, 0.15) is 52.3 Å². The average Bonchev–Trinajstić information content (AvgIpc) is 3.07. The highest BCUT2D eigenvalue weighted by Gasteiger charge is 2.41. The van der Waals surface area contributed by atoms with Crippen LogP contribution in [0.3, 0.4) is 0 Å². The molecule has 0 saturated carbocycles. The first-order valence-electron chi connectivity index (χ1n) is 10.0. The lowest BCUT2D eigenvalue weighted by Crippen LogP contribution is -2.38. The number of aromatic amines is 1. The second kappa shape index (κ2) is 11.1. The van der Waals surface area contributed by atoms with Gasteiger partial charge in [0.15, 0.2) is 6.23 Å². The fourth-order valence-corrected chi connectivity index (χ4v) is 5.09. The molecule has 0 aromatic carbocycles. The van der Waals surface area contributed by atoms with Crippen molar-refractivity contribution < 1.29 is 18.9 Å². The molecule has 1 aliphatic heterocycles. The molecule has 1 unspecified atom stereocenters. The number of rotatable bonds is 10. The van der Waals surface area contributed by atoms with E-state index in [0.717, 1.165) is 0 Å². The highest BCUT2D eigenvalue weighted by molar-refractivity contribution is 7.44. The maximum atomic E-state index is 12.4. The number of aliphatic hydroxyl groups is 1. The summed E-state index contributed by atoms with van der Waals surface area (Å²) in [6.07, 6.45) is 0.102. The number of nitrogens with zero attached hydrogens (tertiary/aromatic N) is 3. The summed E-state index contributed by atoms with van der Waals surface area (Å²) in [5, 5.41) is 18.5. The van der Waals surface area contributed by atoms with Crippen LogP contribution in [0.15, 0.2) is 15.8 Å². The van der Waals surface area contributed by atoms with E-state index >= 15 is 0 Å². The van der Waals surface area contributed by atoms with Crippen LogP contribution in [-0.4, -0.2) is 56.8 Å². The fraction of sp³-hybridized carbons (Fsp3) is 0.737. The van der Waals surface area contributed by atoms with Gasteiger partial charge >= 0.3 is 5.69 Å². The van der Waals surface area contributed by atoms with Crippen molar-refractivity contribution in [1.29, 1.82) is 5.26 Å². The van der Waals surface area contributed by atoms with Crippen molar-refractivity contribution in [2.24, 2.45) is 0 Å². The molecule has 4 atom stereocenters. The second-order valence-corrected chi connectivity index (χ2v) is 9.14. The lowest BCUT2D eigenvalue weighted by Gasteiger charge is -2.37. The summed E-state index contributed by atoms with van der Waals surface area (Å²) in [7, 11) is -1.56. The number of aliphatic hydroxyl groups excluding tert-OH is 1. The van der Waals surface area contributed by atoms with E-state index in [1.165, 1.54) is 10.8 Å². The molecule has 1 saturated heterocycles. The summed E-state index contributed by atoms with van der Waals surface area (Å²) >= 11 is 0. The molecule has 2 N–H and O–H groups in total. The zero-order chi connectivity index (χ0) is 22.4. The highest BCUT2D eigenvalue weighted by Crippen LogP contribution is 2.50. The normalized spacial score (nSPS) is 22.7. The van der Waals surface area contributed by atoms with Gasteiger partial charge in [-0.25, -0.2) is 9.46 Å². The van der Waals surface area contributed by atoms with Crippen molar-refractivity contribution in [3.8, 4) is 6.07 Å². The van der Waals surface area contributed by atoms with Crippen LogP contribution < -0.4 is 11.2 Å². The van der Waals surface area contributed by atoms with E-state index in [2.05, 4.69) is 15.7 Å². The Kier molecular flexibility index (Phi) is 9.16. The molecular formula is C19H31N4O6P. The first-order valence-corrected chi connectivity index (χ1v) is 11.2. The van der Waals surface area contributed by atoms with Gasteiger partial charge in [0.05, 0.1) is 31.8 Å². The van der Waals surface area contributed by atoms with Crippen molar-refractivity contribution in [2.45, 2.75) is 78.0 Å². The topological polar surface area (TPSA) is 130 Å². The van der Waals surface area contributed by atoms with Gasteiger partial charge in [-0.3, -0.25) is 14.3 Å². The number of hydrogen-bond donors (Lipinski definition) is 2. The van der Waals surface area contributed by atoms with Gasteiger partial charge in [-0.05, 0) is 34.6 Å². The molecule has 1 aromatic heterocycles. The molecule has 168 valence electrons. The number of aryl methyl sites for hydroxylation is 1. The third kappa shape index (κ3) is 5.97. The molecule has 1 aliphatic rings. The van der Waals surface area contributed by atoms with Gasteiger partial charge in [0.2, 0.25) is 0 Å². The Hall–Kier alpha value is -1.60. The number of hydrogen-bond acceptors (Lipinski definition) is 8. The van der Waals surface area contributed by atoms with E-state index in [-0.39, 0.29) is 31.7 Å². The number of nitriles is 1. The molecule has 2 rings (SSSR count). The van der Waals surface area contributed by atoms with Gasteiger partial charge in [-0.15, -0.1) is 0 Å². The zero-order valence-corrected chi connectivity index (χ0v) is 19.0. The zero-order valence-electron chi connectivity index (χ0n) is 18.1. The summed E-state index contributed by atoms with van der Waals surface area (Å²) in [6, 6.07) is 2.29. The Morgan fingerprint density at radius 3 is 2.63 bits per heavy atom. The first kappa shape index (κ1) is 24.7. The Bertz CT molecular complexity index is 841. The highest BCUT2D eigenvalue weighted by atomic mass is 31.2. The fourth-order valence-electron chi connectivity index (χ4n) is 3.36. The van der Waals surface area contributed by atoms with Crippen LogP contribution in [-0.2, 0) is 13.8 Å². The van der Waals surface area contributed by atoms with E-state index in [1.807, 2.05) is 27.7 Å². The smallest absolute Gasteiger partial charge is 0.330 e. The van der Waals surface area contributed by atoms with Gasteiger partial charge in [0.25, 0.3) is 14.1 Å². The minimum atomic E-state index is -1.56. The molecular weight excluding hydrogens is 411 g/mol. The maximum Gasteiger partial charge on any atom is 0.330 e. The Labute approximate surface area is 177 Å². The number of H-pyrrole nitrogens is 1. The molecule has 0 amide bonds. The molecule has 30 heavy (non-hydrogen) atoms. The summed E-state index contributed by atoms with van der Waals surface area (Å²) < 4.78 is 21.5. The van der Waals surface area contributed by atoms with Gasteiger partial charge < -0.3 is 18.9 Å². The lowest BCUT2D eigenvalue weighted by atomic mass is 10.2. The predicted octanol–water partition coefficient (Wildman–Crippen LogP) is 1.79. The quantitative estimate of drug-likeness (QED) is 0.414. The van der Waals surface area contributed by atoms with Crippen molar-refractivity contribution in [3.63, 3.8) is 0 Å². The third-order valence-electron chi connectivity index (χ3n) is 4.66. The first-order chi connectivity index (χ1) is 14.2. The van der Waals surface area contributed by atoms with Gasteiger partial charge in [-0.1, -0.05) is 0 Å². The van der Waals surface area contributed by atoms with Crippen LogP contribution in [0.4, 0.5) is 0 Å². The molecule has 0 radical (unpaired) electrons. The van der Waals surface area contributed by atoms with Crippen LogP contribution in [0.5, 0.6) is 0 Å². The van der Waals surface area contributed by atoms with Gasteiger partial charge in [-0.2, -0.15) is 5.26 Å². The Morgan fingerprint density at radius 2 is 2.07 bits per heavy atom. The van der Waals surface area contributed by atoms with Crippen molar-refractivity contribution in [1.82, 2.24) is 14.2 Å². The van der Waals surface area contributed by atoms with E-state index in [0.29, 0.717) is 12.0 Å². The molecule has 0 aliphatic carbocycles. The lowest BCUT2D eigenvalue weighted by molar-refractivity contribution is -0.0504. The summed E-state index contributed by atoms with van der Waals surface area (Å²) in [5.74, 6) is 0. The van der Waals surface area contributed by atoms with Crippen LogP contribution in [0, 0.1) is 18.3 Å². The standard InChI is InChI=1S/C19H31N4O6P/c1-12(2)23(13(3)4)30(27-8-6-7-20)29-16-9-15(11-24)28-18(16)22-10-14(5)17(25)21-19(22)26/h10,12-13,15-16,18,24H,6,8-9,11H2,1-5H3,(H,21,25,26)/t15-,16-,18+,30?/m0/s1. The third-order valence-corrected chi connectivity index (χ3v) is 6.81. The molecule has 0 spiro atoms. The van der Waals surface area contributed by atoms with Gasteiger partial charge in [0, 0.05) is 30.3 Å². The minimum Gasteiger partial charge on any atom is -0.394 e. The Balaban J connectivity index is 2.35. The van der Waals surface area contributed by atoms with Crippen LogP contribution in [0.2, 0.25) is 0 Å². The average molecular weight is 442 g/mol. The minimum absolute atomic E-state index is 0.116. The summed E-state index contributed by atoms with van der Waals surface area (Å²) in [4.78, 5) is 26.4.